The van der Waals surface area contributed by atoms with Crippen molar-refractivity contribution in [1.29, 1.82) is 0 Å². The van der Waals surface area contributed by atoms with Crippen molar-refractivity contribution >= 4 is 11.9 Å². The van der Waals surface area contributed by atoms with E-state index in [0.717, 1.165) is 37.8 Å². The molecule has 1 aromatic rings. The normalized spacial score (nSPS) is 19.5. The Labute approximate surface area is 93.1 Å². The van der Waals surface area contributed by atoms with Crippen LogP contribution in [0.15, 0.2) is 6.20 Å². The molecule has 2 aliphatic heterocycles. The van der Waals surface area contributed by atoms with Crippen molar-refractivity contribution in [1.82, 2.24) is 20.6 Å². The first-order valence-electron chi connectivity index (χ1n) is 5.44. The lowest BCUT2D eigenvalue weighted by Gasteiger charge is -2.27. The molecule has 0 saturated carbocycles. The highest BCUT2D eigenvalue weighted by atomic mass is 16.1. The topological polar surface area (TPSA) is 70.2 Å². The van der Waals surface area contributed by atoms with Crippen LogP contribution in [0.5, 0.6) is 0 Å². The summed E-state index contributed by atoms with van der Waals surface area (Å²) in [7, 11) is 0. The minimum Gasteiger partial charge on any atom is -0.346 e. The van der Waals surface area contributed by atoms with Crippen molar-refractivity contribution in [2.45, 2.75) is 6.54 Å². The molecule has 0 aliphatic carbocycles. The van der Waals surface area contributed by atoms with E-state index < -0.39 is 0 Å². The fraction of sp³-hybridized carbons (Fsp3) is 0.500. The predicted molar refractivity (Wildman–Crippen MR) is 58.3 cm³/mol. The quantitative estimate of drug-likeness (QED) is 0.642. The Balaban J connectivity index is 1.89. The van der Waals surface area contributed by atoms with Gasteiger partial charge in [-0.25, -0.2) is 9.97 Å². The van der Waals surface area contributed by atoms with Gasteiger partial charge in [0, 0.05) is 32.4 Å². The Kier molecular flexibility index (Phi) is 2.21. The molecule has 84 valence electrons. The van der Waals surface area contributed by atoms with E-state index in [2.05, 4.69) is 25.5 Å². The van der Waals surface area contributed by atoms with E-state index >= 15 is 0 Å². The number of nitrogens with one attached hydrogen (secondary N) is 2. The van der Waals surface area contributed by atoms with Crippen molar-refractivity contribution in [3.05, 3.63) is 17.5 Å². The molecule has 3 heterocycles. The van der Waals surface area contributed by atoms with Gasteiger partial charge in [-0.2, -0.15) is 0 Å². The van der Waals surface area contributed by atoms with E-state index in [1.807, 2.05) is 0 Å². The Morgan fingerprint density at radius 3 is 2.94 bits per heavy atom. The number of carbonyl (C=O) groups excluding carboxylic acids is 1. The monoisotopic (exact) mass is 219 g/mol. The Hall–Kier alpha value is -1.69. The van der Waals surface area contributed by atoms with E-state index in [1.54, 1.807) is 6.20 Å². The summed E-state index contributed by atoms with van der Waals surface area (Å²) < 4.78 is 0. The highest BCUT2D eigenvalue weighted by molar-refractivity contribution is 5.97. The average molecular weight is 219 g/mol. The van der Waals surface area contributed by atoms with Crippen LogP contribution in [0, 0.1) is 0 Å². The number of carbonyl (C=O) groups is 1. The number of nitrogens with zero attached hydrogens (tertiary/aromatic N) is 3. The van der Waals surface area contributed by atoms with Gasteiger partial charge in [-0.05, 0) is 0 Å². The van der Waals surface area contributed by atoms with Gasteiger partial charge < -0.3 is 15.5 Å². The van der Waals surface area contributed by atoms with Gasteiger partial charge in [0.15, 0.2) is 0 Å². The van der Waals surface area contributed by atoms with Crippen LogP contribution in [0.4, 0.5) is 5.95 Å². The van der Waals surface area contributed by atoms with Gasteiger partial charge in [0.2, 0.25) is 5.95 Å². The average Bonchev–Trinajstić information content (AvgIpc) is 2.72. The molecule has 6 nitrogen and oxygen atoms in total. The molecule has 0 bridgehead atoms. The number of aromatic nitrogens is 2. The van der Waals surface area contributed by atoms with E-state index in [1.165, 1.54) is 0 Å². The molecule has 6 heteroatoms. The number of hydrogen-bond donors (Lipinski definition) is 2. The third-order valence-corrected chi connectivity index (χ3v) is 2.92. The number of rotatable bonds is 1. The molecule has 0 unspecified atom stereocenters. The summed E-state index contributed by atoms with van der Waals surface area (Å²) in [4.78, 5) is 22.2. The van der Waals surface area contributed by atoms with E-state index in [9.17, 15) is 4.79 Å². The maximum Gasteiger partial charge on any atom is 0.255 e. The van der Waals surface area contributed by atoms with Crippen molar-refractivity contribution in [2.75, 3.05) is 31.1 Å². The summed E-state index contributed by atoms with van der Waals surface area (Å²) in [6.45, 7) is 4.27. The lowest BCUT2D eigenvalue weighted by molar-refractivity contribution is 0.0965. The maximum atomic E-state index is 11.3. The first kappa shape index (κ1) is 9.53. The molecule has 3 rings (SSSR count). The molecule has 1 fully saturated rings. The molecular formula is C10H13N5O. The molecular weight excluding hydrogens is 206 g/mol. The smallest absolute Gasteiger partial charge is 0.255 e. The molecule has 0 spiro atoms. The zero-order valence-electron chi connectivity index (χ0n) is 8.86. The van der Waals surface area contributed by atoms with E-state index in [0.29, 0.717) is 12.1 Å². The third-order valence-electron chi connectivity index (χ3n) is 2.92. The van der Waals surface area contributed by atoms with Crippen LogP contribution in [-0.4, -0.2) is 42.1 Å². The summed E-state index contributed by atoms with van der Waals surface area (Å²) in [6.07, 6.45) is 1.63. The van der Waals surface area contributed by atoms with Crippen LogP contribution in [0.25, 0.3) is 0 Å². The molecule has 2 N–H and O–H groups in total. The van der Waals surface area contributed by atoms with Crippen LogP contribution < -0.4 is 15.5 Å². The zero-order chi connectivity index (χ0) is 11.0. The highest BCUT2D eigenvalue weighted by Gasteiger charge is 2.22. The van der Waals surface area contributed by atoms with Gasteiger partial charge in [0.05, 0.1) is 17.8 Å². The molecule has 0 atom stereocenters. The fourth-order valence-electron chi connectivity index (χ4n) is 2.01. The van der Waals surface area contributed by atoms with Crippen molar-refractivity contribution < 1.29 is 4.79 Å². The summed E-state index contributed by atoms with van der Waals surface area (Å²) in [6, 6.07) is 0. The second kappa shape index (κ2) is 3.71. The van der Waals surface area contributed by atoms with Gasteiger partial charge in [-0.3, -0.25) is 4.79 Å². The maximum absolute atomic E-state index is 11.3. The Morgan fingerprint density at radius 2 is 2.12 bits per heavy atom. The molecule has 16 heavy (non-hydrogen) atoms. The van der Waals surface area contributed by atoms with Gasteiger partial charge in [-0.15, -0.1) is 0 Å². The van der Waals surface area contributed by atoms with Gasteiger partial charge in [-0.1, -0.05) is 0 Å². The molecule has 1 aromatic heterocycles. The summed E-state index contributed by atoms with van der Waals surface area (Å²) >= 11 is 0. The zero-order valence-corrected chi connectivity index (χ0v) is 8.86. The number of amides is 1. The Morgan fingerprint density at radius 1 is 1.31 bits per heavy atom. The summed E-state index contributed by atoms with van der Waals surface area (Å²) in [5.74, 6) is 0.665. The van der Waals surface area contributed by atoms with Crippen LogP contribution >= 0.6 is 0 Å². The third kappa shape index (κ3) is 1.51. The highest BCUT2D eigenvalue weighted by Crippen LogP contribution is 2.16. The molecule has 1 saturated heterocycles. The van der Waals surface area contributed by atoms with Gasteiger partial charge >= 0.3 is 0 Å². The van der Waals surface area contributed by atoms with Crippen LogP contribution in [0.1, 0.15) is 16.1 Å². The standard InChI is InChI=1S/C10H13N5O/c16-9-7-5-13-10(14-8(7)6-12-9)15-3-1-11-2-4-15/h5,11H,1-4,6H2,(H,12,16). The first-order valence-corrected chi connectivity index (χ1v) is 5.44. The molecule has 2 aliphatic rings. The lowest BCUT2D eigenvalue weighted by atomic mass is 10.3. The van der Waals surface area contributed by atoms with Crippen molar-refractivity contribution in [2.24, 2.45) is 0 Å². The molecule has 0 aromatic carbocycles. The van der Waals surface area contributed by atoms with Crippen LogP contribution in [-0.2, 0) is 6.54 Å². The molecule has 0 radical (unpaired) electrons. The molecule has 1 amide bonds. The minimum absolute atomic E-state index is 0.0677. The second-order valence-corrected chi connectivity index (χ2v) is 3.95. The van der Waals surface area contributed by atoms with Crippen molar-refractivity contribution in [3.8, 4) is 0 Å². The number of fused-ring (bicyclic) bond motifs is 1. The van der Waals surface area contributed by atoms with Crippen molar-refractivity contribution in [3.63, 3.8) is 0 Å². The summed E-state index contributed by atoms with van der Waals surface area (Å²) in [5.41, 5.74) is 1.42. The minimum atomic E-state index is -0.0677. The predicted octanol–water partition coefficient (Wildman–Crippen LogP) is -0.870. The largest absolute Gasteiger partial charge is 0.346 e. The Bertz CT molecular complexity index is 427. The van der Waals surface area contributed by atoms with Crippen LogP contribution in [0.2, 0.25) is 0 Å². The number of hydrogen-bond acceptors (Lipinski definition) is 5. The number of anilines is 1. The van der Waals surface area contributed by atoms with E-state index in [-0.39, 0.29) is 5.91 Å². The van der Waals surface area contributed by atoms with E-state index in [4.69, 9.17) is 0 Å². The van der Waals surface area contributed by atoms with Gasteiger partial charge in [0.1, 0.15) is 0 Å². The SMILES string of the molecule is O=C1NCc2nc(N3CCNCC3)ncc21. The second-order valence-electron chi connectivity index (χ2n) is 3.95. The number of piperazine rings is 1. The van der Waals surface area contributed by atoms with Gasteiger partial charge in [0.25, 0.3) is 5.91 Å². The summed E-state index contributed by atoms with van der Waals surface area (Å²) in [5, 5.41) is 6.02. The fourth-order valence-corrected chi connectivity index (χ4v) is 2.01. The lowest BCUT2D eigenvalue weighted by Crippen LogP contribution is -2.44. The van der Waals surface area contributed by atoms with Crippen LogP contribution in [0.3, 0.4) is 0 Å². The first-order chi connectivity index (χ1) is 7.84.